The highest BCUT2D eigenvalue weighted by atomic mass is 32.1. The molecule has 13 heavy (non-hydrogen) atoms. The molecule has 0 bridgehead atoms. The summed E-state index contributed by atoms with van der Waals surface area (Å²) in [4.78, 5) is 0.781. The number of phenols is 1. The quantitative estimate of drug-likeness (QED) is 0.712. The highest BCUT2D eigenvalue weighted by Gasteiger charge is 2.07. The molecule has 4 heteroatoms. The molecule has 2 nitrogen and oxygen atoms in total. The number of thiol groups is 1. The van der Waals surface area contributed by atoms with Crippen molar-refractivity contribution in [2.75, 3.05) is 7.11 Å². The number of methoxy groups -OCH3 is 1. The number of thiophene rings is 1. The molecule has 0 aliphatic heterocycles. The maximum absolute atomic E-state index is 9.35. The lowest BCUT2D eigenvalue weighted by Crippen LogP contribution is -1.79. The van der Waals surface area contributed by atoms with Crippen molar-refractivity contribution in [1.82, 2.24) is 0 Å². The molecule has 0 aliphatic carbocycles. The van der Waals surface area contributed by atoms with E-state index in [1.807, 2.05) is 5.38 Å². The van der Waals surface area contributed by atoms with E-state index >= 15 is 0 Å². The van der Waals surface area contributed by atoms with E-state index in [1.54, 1.807) is 30.6 Å². The Morgan fingerprint density at radius 2 is 2.23 bits per heavy atom. The number of hydrogen-bond acceptors (Lipinski definition) is 4. The van der Waals surface area contributed by atoms with Gasteiger partial charge < -0.3 is 9.84 Å². The van der Waals surface area contributed by atoms with Crippen molar-refractivity contribution in [2.45, 2.75) is 4.90 Å². The first-order valence-electron chi connectivity index (χ1n) is 3.69. The van der Waals surface area contributed by atoms with Gasteiger partial charge in [-0.05, 0) is 12.1 Å². The molecule has 0 spiro atoms. The Balaban J connectivity index is 2.82. The molecule has 0 atom stereocenters. The number of ether oxygens (including phenoxy) is 1. The molecule has 1 N–H and O–H groups in total. The van der Waals surface area contributed by atoms with Gasteiger partial charge in [0.05, 0.1) is 11.8 Å². The maximum atomic E-state index is 9.35. The van der Waals surface area contributed by atoms with Gasteiger partial charge in [0.25, 0.3) is 0 Å². The van der Waals surface area contributed by atoms with Crippen LogP contribution in [0.2, 0.25) is 0 Å². The maximum Gasteiger partial charge on any atom is 0.137 e. The third kappa shape index (κ3) is 1.36. The van der Waals surface area contributed by atoms with Crippen LogP contribution < -0.4 is 4.74 Å². The van der Waals surface area contributed by atoms with Crippen LogP contribution in [0.4, 0.5) is 0 Å². The molecule has 0 saturated carbocycles. The van der Waals surface area contributed by atoms with E-state index in [4.69, 9.17) is 4.74 Å². The molecule has 2 rings (SSSR count). The minimum absolute atomic E-state index is 0.217. The molecule has 68 valence electrons. The number of aromatic hydroxyl groups is 1. The summed E-state index contributed by atoms with van der Waals surface area (Å²) >= 11 is 5.83. The van der Waals surface area contributed by atoms with E-state index in [1.165, 1.54) is 0 Å². The van der Waals surface area contributed by atoms with Gasteiger partial charge in [-0.1, -0.05) is 0 Å². The Labute approximate surface area is 85.2 Å². The lowest BCUT2D eigenvalue weighted by molar-refractivity contribution is 0.421. The lowest BCUT2D eigenvalue weighted by Gasteiger charge is -1.99. The zero-order valence-electron chi connectivity index (χ0n) is 6.94. The molecular weight excluding hydrogens is 204 g/mol. The number of fused-ring (bicyclic) bond motifs is 1. The zero-order valence-corrected chi connectivity index (χ0v) is 8.65. The first-order chi connectivity index (χ1) is 6.22. The first-order valence-corrected chi connectivity index (χ1v) is 5.02. The third-order valence-corrected chi connectivity index (χ3v) is 3.33. The van der Waals surface area contributed by atoms with Crippen molar-refractivity contribution in [2.24, 2.45) is 0 Å². The summed E-state index contributed by atoms with van der Waals surface area (Å²) in [6.07, 6.45) is 0. The molecule has 0 amide bonds. The fourth-order valence-electron chi connectivity index (χ4n) is 1.24. The Morgan fingerprint density at radius 1 is 1.46 bits per heavy atom. The van der Waals surface area contributed by atoms with Crippen LogP contribution in [0.15, 0.2) is 22.4 Å². The van der Waals surface area contributed by atoms with E-state index in [9.17, 15) is 5.11 Å². The van der Waals surface area contributed by atoms with E-state index in [0.29, 0.717) is 0 Å². The van der Waals surface area contributed by atoms with Crippen molar-refractivity contribution in [1.29, 1.82) is 0 Å². The van der Waals surface area contributed by atoms with Gasteiger partial charge in [-0.15, -0.1) is 24.0 Å². The van der Waals surface area contributed by atoms with E-state index in [2.05, 4.69) is 12.6 Å². The second-order valence-electron chi connectivity index (χ2n) is 2.65. The van der Waals surface area contributed by atoms with Gasteiger partial charge in [0.15, 0.2) is 0 Å². The van der Waals surface area contributed by atoms with Crippen molar-refractivity contribution in [3.63, 3.8) is 0 Å². The van der Waals surface area contributed by atoms with Crippen LogP contribution in [0.1, 0.15) is 0 Å². The van der Waals surface area contributed by atoms with Crippen molar-refractivity contribution >= 4 is 34.1 Å². The molecule has 0 radical (unpaired) electrons. The molecule has 2 aromatic rings. The largest absolute Gasteiger partial charge is 0.508 e. The van der Waals surface area contributed by atoms with Crippen LogP contribution in [-0.4, -0.2) is 12.2 Å². The van der Waals surface area contributed by atoms with Crippen LogP contribution >= 0.6 is 24.0 Å². The molecule has 0 saturated heterocycles. The van der Waals surface area contributed by atoms with Gasteiger partial charge in [0, 0.05) is 15.7 Å². The van der Waals surface area contributed by atoms with Crippen LogP contribution in [0.3, 0.4) is 0 Å². The Morgan fingerprint density at radius 3 is 2.92 bits per heavy atom. The molecule has 1 heterocycles. The average Bonchev–Trinajstić information content (AvgIpc) is 2.47. The summed E-state index contributed by atoms with van der Waals surface area (Å²) in [7, 11) is 1.61. The third-order valence-electron chi connectivity index (χ3n) is 1.82. The fourth-order valence-corrected chi connectivity index (χ4v) is 2.56. The number of rotatable bonds is 1. The van der Waals surface area contributed by atoms with Gasteiger partial charge in [-0.25, -0.2) is 0 Å². The predicted molar refractivity (Wildman–Crippen MR) is 57.3 cm³/mol. The topological polar surface area (TPSA) is 29.5 Å². The lowest BCUT2D eigenvalue weighted by atomic mass is 10.2. The number of phenolic OH excluding ortho intramolecular Hbond substituents is 1. The summed E-state index contributed by atoms with van der Waals surface area (Å²) in [5.74, 6) is 1.00. The monoisotopic (exact) mass is 212 g/mol. The molecule has 0 unspecified atom stereocenters. The smallest absolute Gasteiger partial charge is 0.137 e. The Kier molecular flexibility index (Phi) is 2.09. The molecule has 1 aromatic carbocycles. The second kappa shape index (κ2) is 3.12. The van der Waals surface area contributed by atoms with Crippen molar-refractivity contribution < 1.29 is 9.84 Å². The van der Waals surface area contributed by atoms with Gasteiger partial charge >= 0.3 is 0 Å². The molecule has 0 aliphatic rings. The number of hydrogen-bond donors (Lipinski definition) is 2. The van der Waals surface area contributed by atoms with Crippen molar-refractivity contribution in [3.8, 4) is 11.5 Å². The summed E-state index contributed by atoms with van der Waals surface area (Å²) in [5.41, 5.74) is 0. The Hall–Kier alpha value is -0.870. The zero-order chi connectivity index (χ0) is 9.42. The van der Waals surface area contributed by atoms with Crippen LogP contribution in [0.5, 0.6) is 11.5 Å². The Bertz CT molecular complexity index is 448. The molecule has 0 fully saturated rings. The van der Waals surface area contributed by atoms with Gasteiger partial charge in [-0.3, -0.25) is 0 Å². The van der Waals surface area contributed by atoms with Crippen molar-refractivity contribution in [3.05, 3.63) is 17.5 Å². The first kappa shape index (κ1) is 8.72. The minimum atomic E-state index is 0.217. The van der Waals surface area contributed by atoms with E-state index in [0.717, 1.165) is 20.7 Å². The SMILES string of the molecule is COc1csc2c(S)cc(O)cc12. The number of benzene rings is 1. The van der Waals surface area contributed by atoms with Gasteiger partial charge in [0.2, 0.25) is 0 Å². The molecular formula is C9H8O2S2. The predicted octanol–water partition coefficient (Wildman–Crippen LogP) is 2.90. The normalized spacial score (nSPS) is 10.6. The summed E-state index contributed by atoms with van der Waals surface area (Å²) < 4.78 is 6.18. The van der Waals surface area contributed by atoms with E-state index in [-0.39, 0.29) is 5.75 Å². The molecule has 1 aromatic heterocycles. The van der Waals surface area contributed by atoms with Crippen LogP contribution in [0.25, 0.3) is 10.1 Å². The van der Waals surface area contributed by atoms with E-state index < -0.39 is 0 Å². The fraction of sp³-hybridized carbons (Fsp3) is 0.111. The second-order valence-corrected chi connectivity index (χ2v) is 4.01. The summed E-state index contributed by atoms with van der Waals surface area (Å²) in [5, 5.41) is 12.2. The highest BCUT2D eigenvalue weighted by molar-refractivity contribution is 7.80. The highest BCUT2D eigenvalue weighted by Crippen LogP contribution is 2.38. The van der Waals surface area contributed by atoms with Gasteiger partial charge in [-0.2, -0.15) is 0 Å². The average molecular weight is 212 g/mol. The van der Waals surface area contributed by atoms with Gasteiger partial charge in [0.1, 0.15) is 11.5 Å². The van der Waals surface area contributed by atoms with Crippen LogP contribution in [-0.2, 0) is 0 Å². The summed E-state index contributed by atoms with van der Waals surface area (Å²) in [6.45, 7) is 0. The summed E-state index contributed by atoms with van der Waals surface area (Å²) in [6, 6.07) is 3.31. The van der Waals surface area contributed by atoms with Crippen LogP contribution in [0, 0.1) is 0 Å². The minimum Gasteiger partial charge on any atom is -0.508 e. The standard InChI is InChI=1S/C9H8O2S2/c1-11-7-4-13-9-6(7)2-5(10)3-8(9)12/h2-4,10,12H,1H3.